The van der Waals surface area contributed by atoms with E-state index in [0.29, 0.717) is 34.5 Å². The Balaban J connectivity index is 1.32. The number of aryl methyl sites for hydroxylation is 1. The first-order valence-corrected chi connectivity index (χ1v) is 13.4. The molecule has 0 saturated carbocycles. The predicted octanol–water partition coefficient (Wildman–Crippen LogP) is 7.07. The van der Waals surface area contributed by atoms with Crippen molar-refractivity contribution in [2.75, 3.05) is 13.1 Å². The number of aromatic nitrogens is 3. The molecule has 40 heavy (non-hydrogen) atoms. The maximum absolute atomic E-state index is 13.8. The maximum atomic E-state index is 13.8. The van der Waals surface area contributed by atoms with Crippen LogP contribution in [-0.4, -0.2) is 33.3 Å². The van der Waals surface area contributed by atoms with Crippen molar-refractivity contribution in [3.05, 3.63) is 100.0 Å². The fourth-order valence-corrected chi connectivity index (χ4v) is 5.33. The molecule has 0 radical (unpaired) electrons. The molecule has 2 aromatic heterocycles. The van der Waals surface area contributed by atoms with Gasteiger partial charge in [0.1, 0.15) is 0 Å². The highest BCUT2D eigenvalue weighted by molar-refractivity contribution is 5.87. The van der Waals surface area contributed by atoms with Crippen LogP contribution in [0.25, 0.3) is 21.7 Å². The number of nitrogens with zero attached hydrogens (tertiary/aromatic N) is 4. The predicted molar refractivity (Wildman–Crippen MR) is 148 cm³/mol. The van der Waals surface area contributed by atoms with Gasteiger partial charge in [0.15, 0.2) is 5.58 Å². The summed E-state index contributed by atoms with van der Waals surface area (Å²) >= 11 is 0. The largest absolute Gasteiger partial charge is 0.416 e. The number of fused-ring (bicyclic) bond motifs is 2. The zero-order valence-corrected chi connectivity index (χ0v) is 22.1. The molecule has 6 rings (SSSR count). The average molecular weight is 541 g/mol. The third-order valence-corrected chi connectivity index (χ3v) is 7.41. The van der Waals surface area contributed by atoms with Crippen LogP contribution in [0.1, 0.15) is 58.3 Å². The van der Waals surface area contributed by atoms with Gasteiger partial charge in [0.05, 0.1) is 29.2 Å². The summed E-state index contributed by atoms with van der Waals surface area (Å²) in [4.78, 5) is 2.23. The van der Waals surface area contributed by atoms with Crippen LogP contribution in [0, 0.1) is 18.8 Å². The maximum Gasteiger partial charge on any atom is 0.416 e. The molecule has 0 spiro atoms. The molecule has 3 aromatic carbocycles. The average Bonchev–Trinajstić information content (AvgIpc) is 3.35. The molecule has 8 heteroatoms. The molecule has 1 aliphatic rings. The summed E-state index contributed by atoms with van der Waals surface area (Å²) < 4.78 is 47.1. The summed E-state index contributed by atoms with van der Waals surface area (Å²) in [6.45, 7) is 4.28. The van der Waals surface area contributed by atoms with Crippen LogP contribution in [0.5, 0.6) is 0 Å². The summed E-state index contributed by atoms with van der Waals surface area (Å²) in [6.07, 6.45) is 2.54. The van der Waals surface area contributed by atoms with Crippen molar-refractivity contribution in [3.8, 4) is 11.8 Å². The topological polar surface area (TPSA) is 55.1 Å². The molecule has 1 fully saturated rings. The van der Waals surface area contributed by atoms with E-state index in [4.69, 9.17) is 4.52 Å². The standard InChI is InChI=1S/C32H27F3N4O/c1-21-5-9-29-30(17-23-13-24(16-27(15-23)32(33,34)35)20-39-11-3-2-4-12-39)38-40-31(29)28(21)10-7-22-6-8-25-18-36-37-19-26(25)14-22/h5-6,8-9,13-16,18-19H,2-4,11-12,17,20H2,1H3. The molecule has 0 N–H and O–H groups in total. The lowest BCUT2D eigenvalue weighted by Crippen LogP contribution is -2.29. The Morgan fingerprint density at radius 1 is 0.875 bits per heavy atom. The Labute approximate surface area is 230 Å². The molecule has 0 bridgehead atoms. The Hall–Kier alpha value is -4.22. The summed E-state index contributed by atoms with van der Waals surface area (Å²) in [5.41, 5.74) is 4.18. The van der Waals surface area contributed by atoms with Crippen LogP contribution in [0.15, 0.2) is 65.4 Å². The van der Waals surface area contributed by atoms with Crippen molar-refractivity contribution < 1.29 is 17.7 Å². The molecule has 202 valence electrons. The molecule has 5 aromatic rings. The van der Waals surface area contributed by atoms with Crippen LogP contribution in [0.2, 0.25) is 0 Å². The van der Waals surface area contributed by atoms with Crippen molar-refractivity contribution in [2.24, 2.45) is 0 Å². The normalized spacial score (nSPS) is 14.4. The van der Waals surface area contributed by atoms with E-state index in [1.807, 2.05) is 43.3 Å². The van der Waals surface area contributed by atoms with Crippen molar-refractivity contribution in [1.29, 1.82) is 0 Å². The number of hydrogen-bond donors (Lipinski definition) is 0. The van der Waals surface area contributed by atoms with Gasteiger partial charge in [0.25, 0.3) is 0 Å². The van der Waals surface area contributed by atoms with Gasteiger partial charge < -0.3 is 4.52 Å². The van der Waals surface area contributed by atoms with Crippen molar-refractivity contribution in [1.82, 2.24) is 20.3 Å². The molecule has 0 amide bonds. The first kappa shape index (κ1) is 26.0. The Kier molecular flexibility index (Phi) is 6.99. The van der Waals surface area contributed by atoms with Crippen molar-refractivity contribution in [3.63, 3.8) is 0 Å². The van der Waals surface area contributed by atoms with Crippen LogP contribution in [-0.2, 0) is 19.1 Å². The number of benzene rings is 3. The highest BCUT2D eigenvalue weighted by Gasteiger charge is 2.31. The summed E-state index contributed by atoms with van der Waals surface area (Å²) in [6, 6.07) is 14.0. The fraction of sp³-hybridized carbons (Fsp3) is 0.281. The van der Waals surface area contributed by atoms with Gasteiger partial charge in [0, 0.05) is 34.7 Å². The lowest BCUT2D eigenvalue weighted by molar-refractivity contribution is -0.137. The Morgan fingerprint density at radius 3 is 2.45 bits per heavy atom. The van der Waals surface area contributed by atoms with Crippen LogP contribution in [0.3, 0.4) is 0 Å². The fourth-order valence-electron chi connectivity index (χ4n) is 5.33. The molecule has 0 atom stereocenters. The molecule has 1 saturated heterocycles. The highest BCUT2D eigenvalue weighted by Crippen LogP contribution is 2.33. The number of likely N-dealkylation sites (tertiary alicyclic amines) is 1. The molecule has 5 nitrogen and oxygen atoms in total. The second-order valence-corrected chi connectivity index (χ2v) is 10.4. The minimum absolute atomic E-state index is 0.228. The van der Waals surface area contributed by atoms with Crippen LogP contribution in [0.4, 0.5) is 13.2 Å². The lowest BCUT2D eigenvalue weighted by Gasteiger charge is -2.27. The van der Waals surface area contributed by atoms with Gasteiger partial charge in [-0.05, 0) is 79.9 Å². The third-order valence-electron chi connectivity index (χ3n) is 7.41. The minimum atomic E-state index is -4.42. The SMILES string of the molecule is Cc1ccc2c(Cc3cc(CN4CCCCC4)cc(C(F)(F)F)c3)noc2c1C#Cc1ccc2cnncc2c1. The van der Waals surface area contributed by atoms with Gasteiger partial charge in [0.2, 0.25) is 0 Å². The molecular weight excluding hydrogens is 513 g/mol. The molecule has 1 aliphatic heterocycles. The van der Waals surface area contributed by atoms with Gasteiger partial charge in [-0.1, -0.05) is 41.6 Å². The van der Waals surface area contributed by atoms with Crippen molar-refractivity contribution >= 4 is 21.7 Å². The molecular formula is C32H27F3N4O. The van der Waals surface area contributed by atoms with E-state index >= 15 is 0 Å². The van der Waals surface area contributed by atoms with Gasteiger partial charge in [-0.3, -0.25) is 4.90 Å². The number of rotatable bonds is 4. The van der Waals surface area contributed by atoms with Crippen molar-refractivity contribution in [2.45, 2.75) is 45.3 Å². The van der Waals surface area contributed by atoms with Gasteiger partial charge in [-0.2, -0.15) is 23.4 Å². The Bertz CT molecular complexity index is 1760. The van der Waals surface area contributed by atoms with Gasteiger partial charge >= 0.3 is 6.18 Å². The molecule has 0 aliphatic carbocycles. The van der Waals surface area contributed by atoms with Crippen LogP contribution < -0.4 is 0 Å². The number of halogens is 3. The zero-order valence-electron chi connectivity index (χ0n) is 22.1. The van der Waals surface area contributed by atoms with Gasteiger partial charge in [-0.25, -0.2) is 0 Å². The Morgan fingerprint density at radius 2 is 1.65 bits per heavy atom. The number of piperidine rings is 1. The second-order valence-electron chi connectivity index (χ2n) is 10.4. The summed E-state index contributed by atoms with van der Waals surface area (Å²) in [5.74, 6) is 6.42. The van der Waals surface area contributed by atoms with E-state index in [-0.39, 0.29) is 6.42 Å². The first-order chi connectivity index (χ1) is 19.3. The number of hydrogen-bond acceptors (Lipinski definition) is 5. The first-order valence-electron chi connectivity index (χ1n) is 13.4. The van der Waals surface area contributed by atoms with Gasteiger partial charge in [-0.15, -0.1) is 0 Å². The second kappa shape index (κ2) is 10.7. The number of alkyl halides is 3. The third kappa shape index (κ3) is 5.56. The van der Waals surface area contributed by atoms with E-state index in [2.05, 4.69) is 32.1 Å². The van der Waals surface area contributed by atoms with E-state index in [1.54, 1.807) is 12.4 Å². The molecule has 3 heterocycles. The quantitative estimate of drug-likeness (QED) is 0.228. The summed E-state index contributed by atoms with van der Waals surface area (Å²) in [7, 11) is 0. The van der Waals surface area contributed by atoms with E-state index in [0.717, 1.165) is 53.2 Å². The smallest absolute Gasteiger partial charge is 0.355 e. The highest BCUT2D eigenvalue weighted by atomic mass is 19.4. The summed E-state index contributed by atoms with van der Waals surface area (Å²) in [5, 5.41) is 14.8. The lowest BCUT2D eigenvalue weighted by atomic mass is 9.98. The minimum Gasteiger partial charge on any atom is -0.355 e. The zero-order chi connectivity index (χ0) is 27.7. The molecule has 0 unspecified atom stereocenters. The van der Waals surface area contributed by atoms with E-state index in [9.17, 15) is 13.2 Å². The van der Waals surface area contributed by atoms with Crippen LogP contribution >= 0.6 is 0 Å². The van der Waals surface area contributed by atoms with E-state index in [1.165, 1.54) is 18.6 Å². The van der Waals surface area contributed by atoms with E-state index < -0.39 is 11.7 Å². The monoisotopic (exact) mass is 540 g/mol.